The molecule has 0 aliphatic carbocycles. The van der Waals surface area contributed by atoms with E-state index in [0.29, 0.717) is 18.7 Å². The van der Waals surface area contributed by atoms with Crippen molar-refractivity contribution < 1.29 is 18.0 Å². The third-order valence-corrected chi connectivity index (χ3v) is 2.55. The zero-order valence-electron chi connectivity index (χ0n) is 11.0. The highest BCUT2D eigenvalue weighted by molar-refractivity contribution is 5.78. The van der Waals surface area contributed by atoms with Crippen LogP contribution in [0.2, 0.25) is 0 Å². The minimum absolute atomic E-state index is 0.411. The van der Waals surface area contributed by atoms with Crippen LogP contribution >= 0.6 is 0 Å². The number of carbonyl (C=O) groups excluding carboxylic acids is 1. The van der Waals surface area contributed by atoms with Gasteiger partial charge in [0.1, 0.15) is 17.5 Å². The van der Waals surface area contributed by atoms with Gasteiger partial charge in [0.05, 0.1) is 6.42 Å². The molecule has 6 heteroatoms. The Bertz CT molecular complexity index is 427. The van der Waals surface area contributed by atoms with Gasteiger partial charge >= 0.3 is 0 Å². The number of rotatable bonds is 6. The Balaban J connectivity index is 2.49. The first kappa shape index (κ1) is 15.5. The van der Waals surface area contributed by atoms with E-state index in [-0.39, 0.29) is 0 Å². The molecule has 0 radical (unpaired) electrons. The van der Waals surface area contributed by atoms with Crippen LogP contribution in [0.25, 0.3) is 0 Å². The average molecular weight is 274 g/mol. The molecule has 1 rings (SSSR count). The van der Waals surface area contributed by atoms with Gasteiger partial charge in [-0.15, -0.1) is 0 Å². The van der Waals surface area contributed by atoms with Gasteiger partial charge in [-0.25, -0.2) is 13.2 Å². The van der Waals surface area contributed by atoms with Gasteiger partial charge in [0.2, 0.25) is 5.91 Å². The highest BCUT2D eigenvalue weighted by Gasteiger charge is 2.14. The summed E-state index contributed by atoms with van der Waals surface area (Å²) >= 11 is 0. The molecule has 0 fully saturated rings. The third kappa shape index (κ3) is 5.30. The molecule has 0 atom stereocenters. The summed E-state index contributed by atoms with van der Waals surface area (Å²) in [5, 5.41) is 2.56. The summed E-state index contributed by atoms with van der Waals surface area (Å²) in [6.45, 7) is 1.24. The van der Waals surface area contributed by atoms with Crippen molar-refractivity contribution >= 4 is 5.91 Å². The Morgan fingerprint density at radius 1 is 1.21 bits per heavy atom. The molecule has 3 nitrogen and oxygen atoms in total. The molecule has 0 aliphatic rings. The van der Waals surface area contributed by atoms with Gasteiger partial charge in [-0.3, -0.25) is 4.79 Å². The first-order valence-electron chi connectivity index (χ1n) is 5.95. The summed E-state index contributed by atoms with van der Waals surface area (Å²) < 4.78 is 39.3. The van der Waals surface area contributed by atoms with E-state index in [1.165, 1.54) is 0 Å². The minimum Gasteiger partial charge on any atom is -0.356 e. The first-order valence-corrected chi connectivity index (χ1v) is 5.95. The molecule has 0 bridgehead atoms. The van der Waals surface area contributed by atoms with E-state index in [9.17, 15) is 18.0 Å². The van der Waals surface area contributed by atoms with Crippen molar-refractivity contribution in [1.82, 2.24) is 10.2 Å². The van der Waals surface area contributed by atoms with E-state index >= 15 is 0 Å². The summed E-state index contributed by atoms with van der Waals surface area (Å²) in [6, 6.07) is 1.13. The zero-order valence-corrected chi connectivity index (χ0v) is 11.0. The Morgan fingerprint density at radius 2 is 1.79 bits per heavy atom. The smallest absolute Gasteiger partial charge is 0.224 e. The standard InChI is InChI=1S/C13H17F3N2O/c1-18(2)5-3-4-17-13(19)8-10-11(15)6-9(14)7-12(10)16/h6-7H,3-5,8H2,1-2H3,(H,17,19). The molecule has 0 aromatic heterocycles. The van der Waals surface area contributed by atoms with Gasteiger partial charge in [-0.05, 0) is 27.1 Å². The number of nitrogens with one attached hydrogen (secondary N) is 1. The van der Waals surface area contributed by atoms with Gasteiger partial charge in [0.25, 0.3) is 0 Å². The Labute approximate surface area is 110 Å². The maximum Gasteiger partial charge on any atom is 0.224 e. The second-order valence-electron chi connectivity index (χ2n) is 4.53. The average Bonchev–Trinajstić information content (AvgIpc) is 2.29. The Kier molecular flexibility index (Phi) is 5.82. The van der Waals surface area contributed by atoms with Crippen LogP contribution in [0, 0.1) is 17.5 Å². The summed E-state index contributed by atoms with van der Waals surface area (Å²) in [7, 11) is 3.82. The van der Waals surface area contributed by atoms with E-state index in [4.69, 9.17) is 0 Å². The zero-order chi connectivity index (χ0) is 14.4. The molecule has 1 aromatic carbocycles. The number of halogens is 3. The van der Waals surface area contributed by atoms with Crippen molar-refractivity contribution in [2.75, 3.05) is 27.2 Å². The first-order chi connectivity index (χ1) is 8.90. The van der Waals surface area contributed by atoms with Crippen molar-refractivity contribution in [2.24, 2.45) is 0 Å². The molecular weight excluding hydrogens is 257 g/mol. The number of carbonyl (C=O) groups is 1. The number of benzene rings is 1. The second-order valence-corrected chi connectivity index (χ2v) is 4.53. The highest BCUT2D eigenvalue weighted by Crippen LogP contribution is 2.15. The molecule has 0 heterocycles. The molecule has 0 saturated heterocycles. The Hall–Kier alpha value is -1.56. The van der Waals surface area contributed by atoms with Crippen LogP contribution in [0.15, 0.2) is 12.1 Å². The van der Waals surface area contributed by atoms with Crippen LogP contribution in [0.4, 0.5) is 13.2 Å². The van der Waals surface area contributed by atoms with Gasteiger partial charge in [-0.2, -0.15) is 0 Å². The fraction of sp³-hybridized carbons (Fsp3) is 0.462. The van der Waals surface area contributed by atoms with E-state index in [1.54, 1.807) is 0 Å². The van der Waals surface area contributed by atoms with Crippen molar-refractivity contribution in [3.8, 4) is 0 Å². The lowest BCUT2D eigenvalue weighted by molar-refractivity contribution is -0.120. The van der Waals surface area contributed by atoms with Crippen molar-refractivity contribution in [3.63, 3.8) is 0 Å². The number of nitrogens with zero attached hydrogens (tertiary/aromatic N) is 1. The molecule has 19 heavy (non-hydrogen) atoms. The molecule has 0 saturated carbocycles. The van der Waals surface area contributed by atoms with E-state index in [1.807, 2.05) is 19.0 Å². The molecule has 0 aliphatic heterocycles. The maximum absolute atomic E-state index is 13.3. The van der Waals surface area contributed by atoms with Gasteiger partial charge in [-0.1, -0.05) is 0 Å². The lowest BCUT2D eigenvalue weighted by Crippen LogP contribution is -2.29. The summed E-state index contributed by atoms with van der Waals surface area (Å²) in [5.74, 6) is -3.56. The molecule has 0 unspecified atom stereocenters. The summed E-state index contributed by atoms with van der Waals surface area (Å²) in [4.78, 5) is 13.5. The quantitative estimate of drug-likeness (QED) is 0.801. The predicted octanol–water partition coefficient (Wildman–Crippen LogP) is 1.71. The van der Waals surface area contributed by atoms with Crippen LogP contribution in [-0.2, 0) is 11.2 Å². The second kappa shape index (κ2) is 7.13. The molecule has 106 valence electrons. The van der Waals surface area contributed by atoms with Crippen LogP contribution in [0.1, 0.15) is 12.0 Å². The number of hydrogen-bond acceptors (Lipinski definition) is 2. The summed E-state index contributed by atoms with van der Waals surface area (Å²) in [6.07, 6.45) is 0.313. The number of amides is 1. The number of hydrogen-bond donors (Lipinski definition) is 1. The fourth-order valence-electron chi connectivity index (χ4n) is 1.59. The third-order valence-electron chi connectivity index (χ3n) is 2.55. The molecule has 1 amide bonds. The van der Waals surface area contributed by atoms with Crippen LogP contribution in [0.3, 0.4) is 0 Å². The largest absolute Gasteiger partial charge is 0.356 e. The molecule has 1 N–H and O–H groups in total. The van der Waals surface area contributed by atoms with Crippen LogP contribution in [0.5, 0.6) is 0 Å². The molecular formula is C13H17F3N2O. The molecule has 1 aromatic rings. The van der Waals surface area contributed by atoms with Gasteiger partial charge in [0, 0.05) is 24.2 Å². The van der Waals surface area contributed by atoms with E-state index in [2.05, 4.69) is 5.32 Å². The van der Waals surface area contributed by atoms with Crippen molar-refractivity contribution in [1.29, 1.82) is 0 Å². The normalized spacial score (nSPS) is 10.8. The lowest BCUT2D eigenvalue weighted by Gasteiger charge is -2.10. The topological polar surface area (TPSA) is 32.3 Å². The van der Waals surface area contributed by atoms with Gasteiger partial charge < -0.3 is 10.2 Å². The van der Waals surface area contributed by atoms with Crippen molar-refractivity contribution in [3.05, 3.63) is 35.1 Å². The maximum atomic E-state index is 13.3. The Morgan fingerprint density at radius 3 is 2.32 bits per heavy atom. The minimum atomic E-state index is -1.04. The van der Waals surface area contributed by atoms with E-state index < -0.39 is 35.3 Å². The van der Waals surface area contributed by atoms with Crippen molar-refractivity contribution in [2.45, 2.75) is 12.8 Å². The fourth-order valence-corrected chi connectivity index (χ4v) is 1.59. The van der Waals surface area contributed by atoms with Crippen LogP contribution in [-0.4, -0.2) is 38.0 Å². The van der Waals surface area contributed by atoms with Gasteiger partial charge in [0.15, 0.2) is 0 Å². The highest BCUT2D eigenvalue weighted by atomic mass is 19.1. The van der Waals surface area contributed by atoms with E-state index in [0.717, 1.165) is 13.0 Å². The van der Waals surface area contributed by atoms with Crippen LogP contribution < -0.4 is 5.32 Å². The molecule has 0 spiro atoms. The monoisotopic (exact) mass is 274 g/mol. The SMILES string of the molecule is CN(C)CCCNC(=O)Cc1c(F)cc(F)cc1F. The lowest BCUT2D eigenvalue weighted by atomic mass is 10.1. The summed E-state index contributed by atoms with van der Waals surface area (Å²) in [5.41, 5.74) is -0.411. The predicted molar refractivity (Wildman–Crippen MR) is 66.2 cm³/mol.